The molecule has 2 N–H and O–H groups in total. The quantitative estimate of drug-likeness (QED) is 0.759. The molecule has 2 rings (SSSR count). The van der Waals surface area contributed by atoms with Crippen LogP contribution in [0.1, 0.15) is 25.7 Å². The maximum absolute atomic E-state index is 12.6. The molecule has 0 radical (unpaired) electrons. The highest BCUT2D eigenvalue weighted by atomic mass is 19.4. The van der Waals surface area contributed by atoms with Crippen LogP contribution in [0.3, 0.4) is 0 Å². The Kier molecular flexibility index (Phi) is 2.94. The molecular weight excluding hydrogens is 205 g/mol. The van der Waals surface area contributed by atoms with Gasteiger partial charge in [0.2, 0.25) is 0 Å². The molecule has 1 saturated heterocycles. The van der Waals surface area contributed by atoms with Gasteiger partial charge < -0.3 is 10.6 Å². The first kappa shape index (κ1) is 11.2. The van der Waals surface area contributed by atoms with E-state index in [1.165, 1.54) is 0 Å². The highest BCUT2D eigenvalue weighted by Crippen LogP contribution is 2.57. The SMILES string of the molecule is FC(F)(F)C1(CNC2CCCNC2)CC1. The van der Waals surface area contributed by atoms with Crippen LogP contribution < -0.4 is 10.6 Å². The maximum Gasteiger partial charge on any atom is 0.395 e. The van der Waals surface area contributed by atoms with Gasteiger partial charge in [0, 0.05) is 19.1 Å². The highest BCUT2D eigenvalue weighted by Gasteiger charge is 2.62. The van der Waals surface area contributed by atoms with Gasteiger partial charge >= 0.3 is 6.18 Å². The van der Waals surface area contributed by atoms with Crippen LogP contribution in [0, 0.1) is 5.41 Å². The third kappa shape index (κ3) is 2.45. The third-order valence-electron chi connectivity index (χ3n) is 3.48. The molecule has 1 aliphatic heterocycles. The summed E-state index contributed by atoms with van der Waals surface area (Å²) in [6.07, 6.45) is -1.40. The Morgan fingerprint density at radius 1 is 1.33 bits per heavy atom. The Labute approximate surface area is 87.6 Å². The minimum Gasteiger partial charge on any atom is -0.315 e. The van der Waals surface area contributed by atoms with E-state index in [0.717, 1.165) is 25.9 Å². The van der Waals surface area contributed by atoms with E-state index in [9.17, 15) is 13.2 Å². The molecule has 0 bridgehead atoms. The van der Waals surface area contributed by atoms with Gasteiger partial charge in [0.1, 0.15) is 0 Å². The third-order valence-corrected chi connectivity index (χ3v) is 3.48. The van der Waals surface area contributed by atoms with Crippen LogP contribution in [-0.4, -0.2) is 31.9 Å². The lowest BCUT2D eigenvalue weighted by molar-refractivity contribution is -0.185. The van der Waals surface area contributed by atoms with Crippen LogP contribution >= 0.6 is 0 Å². The molecule has 1 atom stereocenters. The van der Waals surface area contributed by atoms with Crippen molar-refractivity contribution < 1.29 is 13.2 Å². The summed E-state index contributed by atoms with van der Waals surface area (Å²) in [5.41, 5.74) is -1.40. The van der Waals surface area contributed by atoms with Crippen molar-refractivity contribution in [2.75, 3.05) is 19.6 Å². The fourth-order valence-corrected chi connectivity index (χ4v) is 2.08. The van der Waals surface area contributed by atoms with Gasteiger partial charge in [0.15, 0.2) is 0 Å². The van der Waals surface area contributed by atoms with Crippen LogP contribution in [0.4, 0.5) is 13.2 Å². The topological polar surface area (TPSA) is 24.1 Å². The number of halogens is 3. The standard InChI is InChI=1S/C10H17F3N2/c11-10(12,13)9(3-4-9)7-15-8-2-1-5-14-6-8/h8,14-15H,1-7H2. The number of piperidine rings is 1. The van der Waals surface area contributed by atoms with Crippen LogP contribution in [-0.2, 0) is 0 Å². The summed E-state index contributed by atoms with van der Waals surface area (Å²) in [6.45, 7) is 1.89. The van der Waals surface area contributed by atoms with E-state index >= 15 is 0 Å². The fourth-order valence-electron chi connectivity index (χ4n) is 2.08. The second-order valence-corrected chi connectivity index (χ2v) is 4.70. The Morgan fingerprint density at radius 3 is 2.53 bits per heavy atom. The first-order chi connectivity index (χ1) is 7.04. The summed E-state index contributed by atoms with van der Waals surface area (Å²) < 4.78 is 37.8. The summed E-state index contributed by atoms with van der Waals surface area (Å²) >= 11 is 0. The van der Waals surface area contributed by atoms with Crippen LogP contribution in [0.2, 0.25) is 0 Å². The second-order valence-electron chi connectivity index (χ2n) is 4.70. The molecule has 88 valence electrons. The summed E-state index contributed by atoms with van der Waals surface area (Å²) in [6, 6.07) is 0.221. The lowest BCUT2D eigenvalue weighted by atomic mass is 10.0. The summed E-state index contributed by atoms with van der Waals surface area (Å²) in [7, 11) is 0. The first-order valence-electron chi connectivity index (χ1n) is 5.54. The fraction of sp³-hybridized carbons (Fsp3) is 1.00. The second kappa shape index (κ2) is 3.94. The molecule has 1 heterocycles. The van der Waals surface area contributed by atoms with Crippen molar-refractivity contribution in [1.82, 2.24) is 10.6 Å². The van der Waals surface area contributed by atoms with Gasteiger partial charge in [-0.05, 0) is 32.2 Å². The van der Waals surface area contributed by atoms with Crippen molar-refractivity contribution in [3.63, 3.8) is 0 Å². The molecule has 15 heavy (non-hydrogen) atoms. The van der Waals surface area contributed by atoms with Gasteiger partial charge in [-0.1, -0.05) is 0 Å². The van der Waals surface area contributed by atoms with E-state index in [0.29, 0.717) is 12.8 Å². The van der Waals surface area contributed by atoms with Gasteiger partial charge in [-0.15, -0.1) is 0 Å². The Hall–Kier alpha value is -0.290. The van der Waals surface area contributed by atoms with Gasteiger partial charge in [0.05, 0.1) is 5.41 Å². The van der Waals surface area contributed by atoms with Crippen molar-refractivity contribution in [3.05, 3.63) is 0 Å². The normalized spacial score (nSPS) is 30.2. The maximum atomic E-state index is 12.6. The van der Waals surface area contributed by atoms with Gasteiger partial charge in [-0.25, -0.2) is 0 Å². The average molecular weight is 222 g/mol. The van der Waals surface area contributed by atoms with Crippen LogP contribution in [0.25, 0.3) is 0 Å². The van der Waals surface area contributed by atoms with E-state index in [1.807, 2.05) is 0 Å². The lowest BCUT2D eigenvalue weighted by Gasteiger charge is -2.27. The number of hydrogen-bond donors (Lipinski definition) is 2. The van der Waals surface area contributed by atoms with Gasteiger partial charge in [-0.2, -0.15) is 13.2 Å². The molecule has 0 amide bonds. The Balaban J connectivity index is 1.77. The molecule has 0 aromatic heterocycles. The number of alkyl halides is 3. The van der Waals surface area contributed by atoms with E-state index in [2.05, 4.69) is 10.6 Å². The predicted molar refractivity (Wildman–Crippen MR) is 51.6 cm³/mol. The molecule has 2 aliphatic rings. The van der Waals surface area contributed by atoms with E-state index in [-0.39, 0.29) is 12.6 Å². The van der Waals surface area contributed by atoms with Crippen molar-refractivity contribution in [1.29, 1.82) is 0 Å². The molecule has 2 fully saturated rings. The minimum absolute atomic E-state index is 0.100. The minimum atomic E-state index is -4.03. The van der Waals surface area contributed by atoms with E-state index in [4.69, 9.17) is 0 Å². The summed E-state index contributed by atoms with van der Waals surface area (Å²) in [5.74, 6) is 0. The van der Waals surface area contributed by atoms with E-state index < -0.39 is 11.6 Å². The molecule has 0 aromatic rings. The smallest absolute Gasteiger partial charge is 0.315 e. The molecule has 1 unspecified atom stereocenters. The highest BCUT2D eigenvalue weighted by molar-refractivity contribution is 5.01. The van der Waals surface area contributed by atoms with Crippen LogP contribution in [0.15, 0.2) is 0 Å². The number of hydrogen-bond acceptors (Lipinski definition) is 2. The van der Waals surface area contributed by atoms with Crippen molar-refractivity contribution >= 4 is 0 Å². The molecule has 0 spiro atoms. The van der Waals surface area contributed by atoms with Crippen molar-refractivity contribution in [2.24, 2.45) is 5.41 Å². The largest absolute Gasteiger partial charge is 0.395 e. The van der Waals surface area contributed by atoms with E-state index in [1.54, 1.807) is 0 Å². The Morgan fingerprint density at radius 2 is 2.07 bits per heavy atom. The predicted octanol–water partition coefficient (Wildman–Crippen LogP) is 1.67. The zero-order valence-corrected chi connectivity index (χ0v) is 8.66. The molecule has 0 aromatic carbocycles. The monoisotopic (exact) mass is 222 g/mol. The number of rotatable bonds is 3. The van der Waals surface area contributed by atoms with Crippen molar-refractivity contribution in [2.45, 2.75) is 37.9 Å². The lowest BCUT2D eigenvalue weighted by Crippen LogP contribution is -2.47. The average Bonchev–Trinajstić information content (AvgIpc) is 2.96. The molecule has 2 nitrogen and oxygen atoms in total. The van der Waals surface area contributed by atoms with Crippen LogP contribution in [0.5, 0.6) is 0 Å². The molecule has 5 heteroatoms. The summed E-state index contributed by atoms with van der Waals surface area (Å²) in [5, 5.41) is 6.23. The molecular formula is C10H17F3N2. The van der Waals surface area contributed by atoms with Gasteiger partial charge in [0.25, 0.3) is 0 Å². The van der Waals surface area contributed by atoms with Gasteiger partial charge in [-0.3, -0.25) is 0 Å². The van der Waals surface area contributed by atoms with Crippen molar-refractivity contribution in [3.8, 4) is 0 Å². The zero-order valence-electron chi connectivity index (χ0n) is 8.66. The Bertz CT molecular complexity index is 217. The molecule has 1 aliphatic carbocycles. The first-order valence-corrected chi connectivity index (χ1v) is 5.54. The number of nitrogens with one attached hydrogen (secondary N) is 2. The zero-order chi connectivity index (χ0) is 10.9. The molecule has 1 saturated carbocycles. The summed E-state index contributed by atoms with van der Waals surface area (Å²) in [4.78, 5) is 0.